The van der Waals surface area contributed by atoms with Gasteiger partial charge in [0.2, 0.25) is 0 Å². The number of nitrogens with two attached hydrogens (primary N) is 1. The topological polar surface area (TPSA) is 103 Å². The lowest BCUT2D eigenvalue weighted by Gasteiger charge is -2.38. The number of guanidine groups is 1. The first-order valence-corrected chi connectivity index (χ1v) is 7.61. The zero-order valence-electron chi connectivity index (χ0n) is 13.3. The van der Waals surface area contributed by atoms with E-state index < -0.39 is 5.66 Å². The van der Waals surface area contributed by atoms with Crippen LogP contribution in [0.4, 0.5) is 0 Å². The second-order valence-electron chi connectivity index (χ2n) is 5.84. The molecule has 1 unspecified atom stereocenters. The van der Waals surface area contributed by atoms with Gasteiger partial charge in [-0.25, -0.2) is 9.98 Å². The summed E-state index contributed by atoms with van der Waals surface area (Å²) in [7, 11) is 1.69. The number of nitrogens with zero attached hydrogens (tertiary/aromatic N) is 5. The summed E-state index contributed by atoms with van der Waals surface area (Å²) in [6.45, 7) is 1.70. The van der Waals surface area contributed by atoms with Gasteiger partial charge in [0.05, 0.1) is 16.9 Å². The molecule has 122 valence electrons. The first kappa shape index (κ1) is 15.3. The molecule has 1 aromatic heterocycles. The van der Waals surface area contributed by atoms with Crippen LogP contribution in [0.15, 0.2) is 46.8 Å². The maximum absolute atomic E-state index is 11.9. The van der Waals surface area contributed by atoms with Gasteiger partial charge in [-0.1, -0.05) is 6.08 Å². The lowest BCUT2D eigenvalue weighted by atomic mass is 9.85. The molecule has 23 heavy (non-hydrogen) atoms. The van der Waals surface area contributed by atoms with Crippen molar-refractivity contribution in [1.29, 1.82) is 0 Å². The van der Waals surface area contributed by atoms with Crippen LogP contribution >= 0.6 is 0 Å². The molecule has 0 radical (unpaired) electrons. The van der Waals surface area contributed by atoms with Crippen LogP contribution in [-0.4, -0.2) is 32.4 Å². The van der Waals surface area contributed by atoms with E-state index in [0.29, 0.717) is 5.70 Å². The van der Waals surface area contributed by atoms with Crippen molar-refractivity contribution in [3.05, 3.63) is 51.9 Å². The maximum Gasteiger partial charge on any atom is 0.317 e. The molecule has 1 aromatic rings. The van der Waals surface area contributed by atoms with Crippen molar-refractivity contribution in [2.45, 2.75) is 38.3 Å². The van der Waals surface area contributed by atoms with Gasteiger partial charge < -0.3 is 10.6 Å². The lowest BCUT2D eigenvalue weighted by Crippen LogP contribution is -2.49. The number of allylic oxidation sites excluding steroid dienone is 2. The average Bonchev–Trinajstić information content (AvgIpc) is 3.07. The first-order valence-electron chi connectivity index (χ1n) is 7.61. The summed E-state index contributed by atoms with van der Waals surface area (Å²) in [5, 5.41) is 11.9. The molecule has 2 N–H and O–H groups in total. The Labute approximate surface area is 134 Å². The molecule has 0 bridgehead atoms. The Morgan fingerprint density at radius 1 is 1.43 bits per heavy atom. The summed E-state index contributed by atoms with van der Waals surface area (Å²) in [4.78, 5) is 21.8. The van der Waals surface area contributed by atoms with Gasteiger partial charge in [0.1, 0.15) is 0 Å². The smallest absolute Gasteiger partial charge is 0.317 e. The van der Waals surface area contributed by atoms with E-state index in [1.807, 2.05) is 0 Å². The molecule has 2 heterocycles. The summed E-state index contributed by atoms with van der Waals surface area (Å²) in [5.74, 6) is 0.258. The third kappa shape index (κ3) is 2.21. The monoisotopic (exact) mass is 316 g/mol. The van der Waals surface area contributed by atoms with E-state index in [1.54, 1.807) is 42.2 Å². The Bertz CT molecular complexity index is 718. The highest BCUT2D eigenvalue weighted by Crippen LogP contribution is 2.44. The van der Waals surface area contributed by atoms with E-state index in [2.05, 4.69) is 16.1 Å². The molecule has 0 saturated heterocycles. The van der Waals surface area contributed by atoms with Gasteiger partial charge in [-0.05, 0) is 38.2 Å². The predicted octanol–water partition coefficient (Wildman–Crippen LogP) is 1.80. The van der Waals surface area contributed by atoms with E-state index >= 15 is 0 Å². The van der Waals surface area contributed by atoms with E-state index in [9.17, 15) is 10.1 Å². The fourth-order valence-electron chi connectivity index (χ4n) is 3.31. The van der Waals surface area contributed by atoms with Crippen molar-refractivity contribution >= 4 is 5.96 Å². The fourth-order valence-corrected chi connectivity index (χ4v) is 3.31. The quantitative estimate of drug-likeness (QED) is 0.520. The van der Waals surface area contributed by atoms with Crippen LogP contribution in [0.5, 0.6) is 0 Å². The molecule has 0 aromatic carbocycles. The highest BCUT2D eigenvalue weighted by Gasteiger charge is 2.52. The van der Waals surface area contributed by atoms with Gasteiger partial charge >= 0.3 is 5.70 Å². The Morgan fingerprint density at radius 2 is 2.22 bits per heavy atom. The van der Waals surface area contributed by atoms with Crippen molar-refractivity contribution in [2.24, 2.45) is 10.7 Å². The van der Waals surface area contributed by atoms with Crippen LogP contribution < -0.4 is 5.73 Å². The first-order chi connectivity index (χ1) is 11.0. The number of hydrogen-bond donors (Lipinski definition) is 1. The van der Waals surface area contributed by atoms with Gasteiger partial charge in [0.25, 0.3) is 5.66 Å². The molecule has 3 rings (SSSR count). The van der Waals surface area contributed by atoms with Crippen LogP contribution in [0.3, 0.4) is 0 Å². The number of aromatic nitrogens is 2. The molecule has 8 nitrogen and oxygen atoms in total. The standard InChI is InChI=1S/C15H20N6O2/c1-11-13(21(22)23)15(18-14(16)19(11)2,20-9-8-17-10-20)12-6-4-3-5-7-12/h6,8-10H,3-5,7H2,1-2H3,(H2,16,18). The molecule has 0 amide bonds. The van der Waals surface area contributed by atoms with Crippen molar-refractivity contribution in [2.75, 3.05) is 7.05 Å². The zero-order valence-corrected chi connectivity index (χ0v) is 13.3. The van der Waals surface area contributed by atoms with Crippen molar-refractivity contribution in [3.63, 3.8) is 0 Å². The number of imidazole rings is 1. The van der Waals surface area contributed by atoms with Gasteiger partial charge in [-0.15, -0.1) is 0 Å². The molecule has 0 saturated carbocycles. The minimum atomic E-state index is -1.25. The third-order valence-corrected chi connectivity index (χ3v) is 4.60. The molecule has 1 aliphatic carbocycles. The average molecular weight is 316 g/mol. The lowest BCUT2D eigenvalue weighted by molar-refractivity contribution is -0.440. The molecular weight excluding hydrogens is 296 g/mol. The second kappa shape index (κ2) is 5.53. The summed E-state index contributed by atoms with van der Waals surface area (Å²) in [5.41, 5.74) is 6.25. The van der Waals surface area contributed by atoms with Crippen LogP contribution in [-0.2, 0) is 5.66 Å². The second-order valence-corrected chi connectivity index (χ2v) is 5.84. The number of aliphatic imine (C=N–C) groups is 1. The maximum atomic E-state index is 11.9. The number of hydrogen-bond acceptors (Lipinski definition) is 6. The van der Waals surface area contributed by atoms with Crippen molar-refractivity contribution in [3.8, 4) is 0 Å². The van der Waals surface area contributed by atoms with Crippen molar-refractivity contribution < 1.29 is 4.92 Å². The minimum Gasteiger partial charge on any atom is -0.369 e. The summed E-state index contributed by atoms with van der Waals surface area (Å²) in [6, 6.07) is 0. The normalized spacial score (nSPS) is 25.2. The van der Waals surface area contributed by atoms with E-state index in [0.717, 1.165) is 31.3 Å². The molecule has 2 aliphatic rings. The van der Waals surface area contributed by atoms with Crippen LogP contribution in [0.2, 0.25) is 0 Å². The van der Waals surface area contributed by atoms with Gasteiger partial charge in [-0.2, -0.15) is 0 Å². The van der Waals surface area contributed by atoms with Gasteiger partial charge in [0.15, 0.2) is 5.96 Å². The summed E-state index contributed by atoms with van der Waals surface area (Å²) in [6.07, 6.45) is 10.6. The van der Waals surface area contributed by atoms with Gasteiger partial charge in [0, 0.05) is 19.4 Å². The fraction of sp³-hybridized carbons (Fsp3) is 0.467. The number of rotatable bonds is 3. The molecular formula is C15H20N6O2. The van der Waals surface area contributed by atoms with Crippen LogP contribution in [0.25, 0.3) is 0 Å². The van der Waals surface area contributed by atoms with Gasteiger partial charge in [-0.3, -0.25) is 14.7 Å². The molecule has 8 heteroatoms. The van der Waals surface area contributed by atoms with Crippen LogP contribution in [0, 0.1) is 10.1 Å². The minimum absolute atomic E-state index is 0.0281. The molecule has 0 fully saturated rings. The molecule has 1 aliphatic heterocycles. The summed E-state index contributed by atoms with van der Waals surface area (Å²) >= 11 is 0. The zero-order chi connectivity index (χ0) is 16.6. The largest absolute Gasteiger partial charge is 0.369 e. The third-order valence-electron chi connectivity index (χ3n) is 4.60. The molecule has 0 spiro atoms. The Balaban J connectivity index is 2.33. The molecule has 1 atom stereocenters. The highest BCUT2D eigenvalue weighted by atomic mass is 16.6. The van der Waals surface area contributed by atoms with E-state index in [-0.39, 0.29) is 16.6 Å². The predicted molar refractivity (Wildman–Crippen MR) is 85.8 cm³/mol. The Kier molecular flexibility index (Phi) is 3.67. The van der Waals surface area contributed by atoms with E-state index in [1.165, 1.54) is 0 Å². The highest BCUT2D eigenvalue weighted by molar-refractivity contribution is 5.82. The van der Waals surface area contributed by atoms with Crippen molar-refractivity contribution in [1.82, 2.24) is 14.5 Å². The number of nitro groups is 1. The van der Waals surface area contributed by atoms with E-state index in [4.69, 9.17) is 5.73 Å². The Morgan fingerprint density at radius 3 is 2.78 bits per heavy atom. The van der Waals surface area contributed by atoms with Crippen LogP contribution in [0.1, 0.15) is 32.6 Å². The summed E-state index contributed by atoms with van der Waals surface area (Å²) < 4.78 is 1.69. The Hall–Kier alpha value is -2.64. The SMILES string of the molecule is CC1=C([N+](=O)[O-])C(C2=CCCCC2)(n2ccnc2)N=C(N)N1C.